The van der Waals surface area contributed by atoms with Crippen molar-refractivity contribution in [3.05, 3.63) is 34.7 Å². The van der Waals surface area contributed by atoms with Crippen molar-refractivity contribution in [1.29, 1.82) is 0 Å². The van der Waals surface area contributed by atoms with E-state index in [0.29, 0.717) is 23.8 Å². The van der Waals surface area contributed by atoms with E-state index in [2.05, 4.69) is 30.2 Å². The van der Waals surface area contributed by atoms with E-state index in [0.717, 1.165) is 30.6 Å². The van der Waals surface area contributed by atoms with Crippen LogP contribution in [0.5, 0.6) is 0 Å². The first-order valence-corrected chi connectivity index (χ1v) is 8.60. The molecule has 26 heavy (non-hydrogen) atoms. The fourth-order valence-corrected chi connectivity index (χ4v) is 3.18. The van der Waals surface area contributed by atoms with Crippen LogP contribution in [0.25, 0.3) is 0 Å². The molecule has 1 atom stereocenters. The fourth-order valence-electron chi connectivity index (χ4n) is 3.18. The standard InChI is InChI=1S/C17H22N6O3/c1-10-14(22-26-21-10)7-16(25)19-9-13-8-18-11(2)20-17(13)15-5-4-6-23(15)12(3)24/h8,15H,4-7,9H2,1-3H3,(H,19,25)/t15-/m1/s1. The molecule has 3 heterocycles. The predicted molar refractivity (Wildman–Crippen MR) is 90.7 cm³/mol. The van der Waals surface area contributed by atoms with Gasteiger partial charge in [0.25, 0.3) is 0 Å². The summed E-state index contributed by atoms with van der Waals surface area (Å²) in [4.78, 5) is 34.7. The maximum absolute atomic E-state index is 12.2. The number of likely N-dealkylation sites (tertiary alicyclic amines) is 1. The highest BCUT2D eigenvalue weighted by molar-refractivity contribution is 5.78. The summed E-state index contributed by atoms with van der Waals surface area (Å²) in [7, 11) is 0. The van der Waals surface area contributed by atoms with Crippen molar-refractivity contribution in [2.45, 2.75) is 52.6 Å². The Labute approximate surface area is 151 Å². The topological polar surface area (TPSA) is 114 Å². The average Bonchev–Trinajstić information content (AvgIpc) is 3.23. The molecule has 0 aromatic carbocycles. The molecular weight excluding hydrogens is 336 g/mol. The van der Waals surface area contributed by atoms with Crippen molar-refractivity contribution < 1.29 is 14.2 Å². The minimum atomic E-state index is -0.190. The Kier molecular flexibility index (Phi) is 5.24. The molecule has 9 heteroatoms. The maximum atomic E-state index is 12.2. The molecule has 2 aromatic heterocycles. The summed E-state index contributed by atoms with van der Waals surface area (Å²) in [5, 5.41) is 10.2. The van der Waals surface area contributed by atoms with Crippen LogP contribution in [0.2, 0.25) is 0 Å². The van der Waals surface area contributed by atoms with Crippen LogP contribution in [0.3, 0.4) is 0 Å². The molecule has 0 aliphatic carbocycles. The lowest BCUT2D eigenvalue weighted by Gasteiger charge is -2.25. The molecule has 2 amide bonds. The molecule has 2 aromatic rings. The Morgan fingerprint density at radius 1 is 1.35 bits per heavy atom. The minimum Gasteiger partial charge on any atom is -0.352 e. The Morgan fingerprint density at radius 3 is 2.85 bits per heavy atom. The normalized spacial score (nSPS) is 16.7. The van der Waals surface area contributed by atoms with Gasteiger partial charge in [0.2, 0.25) is 11.8 Å². The molecule has 138 valence electrons. The van der Waals surface area contributed by atoms with Crippen LogP contribution in [0, 0.1) is 13.8 Å². The number of hydrogen-bond acceptors (Lipinski definition) is 7. The van der Waals surface area contributed by atoms with Crippen LogP contribution in [-0.4, -0.2) is 43.5 Å². The summed E-state index contributed by atoms with van der Waals surface area (Å²) in [5.74, 6) is 0.493. The van der Waals surface area contributed by atoms with Crippen LogP contribution < -0.4 is 5.32 Å². The molecule has 3 rings (SSSR count). The molecule has 1 N–H and O–H groups in total. The summed E-state index contributed by atoms with van der Waals surface area (Å²) in [6, 6.07) is -0.0666. The first-order valence-electron chi connectivity index (χ1n) is 8.60. The molecule has 1 fully saturated rings. The number of aromatic nitrogens is 4. The van der Waals surface area contributed by atoms with Gasteiger partial charge < -0.3 is 10.2 Å². The lowest BCUT2D eigenvalue weighted by molar-refractivity contribution is -0.129. The number of rotatable bonds is 5. The molecule has 0 radical (unpaired) electrons. The zero-order chi connectivity index (χ0) is 18.7. The van der Waals surface area contributed by atoms with Crippen molar-refractivity contribution in [3.63, 3.8) is 0 Å². The third-order valence-corrected chi connectivity index (χ3v) is 4.54. The Morgan fingerprint density at radius 2 is 2.15 bits per heavy atom. The number of nitrogens with zero attached hydrogens (tertiary/aromatic N) is 5. The van der Waals surface area contributed by atoms with Crippen LogP contribution in [0.15, 0.2) is 10.8 Å². The molecule has 0 spiro atoms. The first kappa shape index (κ1) is 18.0. The largest absolute Gasteiger partial charge is 0.352 e. The number of aryl methyl sites for hydroxylation is 2. The van der Waals surface area contributed by atoms with Gasteiger partial charge in [0.15, 0.2) is 0 Å². The molecule has 1 saturated heterocycles. The summed E-state index contributed by atoms with van der Waals surface area (Å²) in [6.45, 7) is 6.15. The number of nitrogens with one attached hydrogen (secondary N) is 1. The van der Waals surface area contributed by atoms with Crippen molar-refractivity contribution in [1.82, 2.24) is 30.5 Å². The molecule has 0 saturated carbocycles. The highest BCUT2D eigenvalue weighted by atomic mass is 16.6. The third kappa shape index (κ3) is 3.87. The molecule has 9 nitrogen and oxygen atoms in total. The van der Waals surface area contributed by atoms with Gasteiger partial charge in [-0.1, -0.05) is 10.3 Å². The van der Waals surface area contributed by atoms with Gasteiger partial charge in [-0.05, 0) is 26.7 Å². The zero-order valence-electron chi connectivity index (χ0n) is 15.2. The van der Waals surface area contributed by atoms with Crippen molar-refractivity contribution in [2.24, 2.45) is 0 Å². The van der Waals surface area contributed by atoms with Crippen molar-refractivity contribution >= 4 is 11.8 Å². The van der Waals surface area contributed by atoms with E-state index in [1.807, 2.05) is 11.8 Å². The highest BCUT2D eigenvalue weighted by Gasteiger charge is 2.31. The van der Waals surface area contributed by atoms with Crippen LogP contribution in [-0.2, 0) is 22.6 Å². The maximum Gasteiger partial charge on any atom is 0.226 e. The molecule has 0 bridgehead atoms. The van der Waals surface area contributed by atoms with Gasteiger partial charge in [-0.25, -0.2) is 14.6 Å². The van der Waals surface area contributed by atoms with Crippen molar-refractivity contribution in [2.75, 3.05) is 6.54 Å². The van der Waals surface area contributed by atoms with Gasteiger partial charge in [0.1, 0.15) is 17.2 Å². The Bertz CT molecular complexity index is 819. The predicted octanol–water partition coefficient (Wildman–Crippen LogP) is 1.02. The quantitative estimate of drug-likeness (QED) is 0.848. The van der Waals surface area contributed by atoms with Gasteiger partial charge in [-0.2, -0.15) is 0 Å². The number of amides is 2. The lowest BCUT2D eigenvalue weighted by atomic mass is 10.1. The monoisotopic (exact) mass is 358 g/mol. The Balaban J connectivity index is 1.73. The van der Waals surface area contributed by atoms with Gasteiger partial charge >= 0.3 is 0 Å². The van der Waals surface area contributed by atoms with Gasteiger partial charge in [0.05, 0.1) is 18.2 Å². The van der Waals surface area contributed by atoms with Crippen LogP contribution >= 0.6 is 0 Å². The van der Waals surface area contributed by atoms with Crippen molar-refractivity contribution in [3.8, 4) is 0 Å². The number of carbonyl (C=O) groups excluding carboxylic acids is 2. The summed E-state index contributed by atoms with van der Waals surface area (Å²) in [5.41, 5.74) is 2.74. The number of carbonyl (C=O) groups is 2. The number of hydrogen-bond donors (Lipinski definition) is 1. The first-order chi connectivity index (χ1) is 12.5. The SMILES string of the molecule is CC(=O)N1CCC[C@@H]1c1nc(C)ncc1CNC(=O)Cc1nonc1C. The minimum absolute atomic E-state index is 0.0350. The van der Waals surface area contributed by atoms with E-state index in [9.17, 15) is 9.59 Å². The average molecular weight is 358 g/mol. The molecule has 1 aliphatic heterocycles. The van der Waals surface area contributed by atoms with E-state index < -0.39 is 0 Å². The van der Waals surface area contributed by atoms with Crippen LogP contribution in [0.1, 0.15) is 54.3 Å². The summed E-state index contributed by atoms with van der Waals surface area (Å²) >= 11 is 0. The Hall–Kier alpha value is -2.84. The van der Waals surface area contributed by atoms with Crippen LogP contribution in [0.4, 0.5) is 0 Å². The van der Waals surface area contributed by atoms with E-state index in [-0.39, 0.29) is 24.3 Å². The second-order valence-corrected chi connectivity index (χ2v) is 6.45. The highest BCUT2D eigenvalue weighted by Crippen LogP contribution is 2.32. The lowest BCUT2D eigenvalue weighted by Crippen LogP contribution is -2.31. The van der Waals surface area contributed by atoms with Gasteiger partial charge in [-0.3, -0.25) is 9.59 Å². The summed E-state index contributed by atoms with van der Waals surface area (Å²) in [6.07, 6.45) is 3.62. The second-order valence-electron chi connectivity index (χ2n) is 6.45. The second kappa shape index (κ2) is 7.59. The summed E-state index contributed by atoms with van der Waals surface area (Å²) < 4.78 is 4.61. The van der Waals surface area contributed by atoms with Gasteiger partial charge in [-0.15, -0.1) is 0 Å². The van der Waals surface area contributed by atoms with Gasteiger partial charge in [0, 0.05) is 31.8 Å². The van der Waals surface area contributed by atoms with E-state index in [1.54, 1.807) is 20.0 Å². The molecular formula is C17H22N6O3. The third-order valence-electron chi connectivity index (χ3n) is 4.54. The molecule has 1 aliphatic rings. The smallest absolute Gasteiger partial charge is 0.226 e. The molecule has 0 unspecified atom stereocenters. The zero-order valence-corrected chi connectivity index (χ0v) is 15.2. The van der Waals surface area contributed by atoms with E-state index in [1.165, 1.54) is 0 Å². The fraction of sp³-hybridized carbons (Fsp3) is 0.529. The van der Waals surface area contributed by atoms with E-state index >= 15 is 0 Å². The van der Waals surface area contributed by atoms with E-state index in [4.69, 9.17) is 0 Å².